The van der Waals surface area contributed by atoms with Crippen LogP contribution in [0.25, 0.3) is 0 Å². The van der Waals surface area contributed by atoms with Crippen LogP contribution in [0.1, 0.15) is 27.7 Å². The van der Waals surface area contributed by atoms with Crippen molar-refractivity contribution in [2.45, 2.75) is 33.8 Å². The van der Waals surface area contributed by atoms with Crippen LogP contribution in [0, 0.1) is 11.3 Å². The topological polar surface area (TPSA) is 57.5 Å². The summed E-state index contributed by atoms with van der Waals surface area (Å²) >= 11 is 2.13. The fraction of sp³-hybridized carbons (Fsp3) is 0.583. The second kappa shape index (κ2) is 4.49. The van der Waals surface area contributed by atoms with Crippen molar-refractivity contribution in [2.75, 3.05) is 0 Å². The average Bonchev–Trinajstić information content (AvgIpc) is 2.09. The van der Waals surface area contributed by atoms with Gasteiger partial charge in [-0.05, 0) is 52.2 Å². The molecule has 0 aromatic heterocycles. The molecule has 0 aliphatic heterocycles. The molecule has 90 valence electrons. The molecule has 0 heterocycles. The van der Waals surface area contributed by atoms with Crippen molar-refractivity contribution in [1.82, 2.24) is 0 Å². The predicted octanol–water partition coefficient (Wildman–Crippen LogP) is 2.74. The fourth-order valence-electron chi connectivity index (χ4n) is 1.88. The Morgan fingerprint density at radius 1 is 1.44 bits per heavy atom. The SMILES string of the molecule is CC1=C(I)C=C(C(C)(C)C)C(O)C1C(=O)O. The summed E-state index contributed by atoms with van der Waals surface area (Å²) < 4.78 is 0.917. The third kappa shape index (κ3) is 2.48. The Hall–Kier alpha value is -0.360. The van der Waals surface area contributed by atoms with Crippen LogP contribution < -0.4 is 0 Å². The van der Waals surface area contributed by atoms with Gasteiger partial charge in [0.05, 0.1) is 6.10 Å². The van der Waals surface area contributed by atoms with Crippen LogP contribution in [0.4, 0.5) is 0 Å². The van der Waals surface area contributed by atoms with Gasteiger partial charge in [-0.25, -0.2) is 0 Å². The summed E-state index contributed by atoms with van der Waals surface area (Å²) in [6.45, 7) is 7.70. The summed E-state index contributed by atoms with van der Waals surface area (Å²) in [5.41, 5.74) is 1.30. The van der Waals surface area contributed by atoms with E-state index in [1.165, 1.54) is 0 Å². The molecular weight excluding hydrogens is 319 g/mol. The summed E-state index contributed by atoms with van der Waals surface area (Å²) in [7, 11) is 0. The maximum atomic E-state index is 11.2. The monoisotopic (exact) mass is 336 g/mol. The van der Waals surface area contributed by atoms with E-state index >= 15 is 0 Å². The molecule has 0 fully saturated rings. The van der Waals surface area contributed by atoms with Crippen molar-refractivity contribution in [3.63, 3.8) is 0 Å². The normalized spacial score (nSPS) is 26.8. The molecule has 3 nitrogen and oxygen atoms in total. The van der Waals surface area contributed by atoms with E-state index in [4.69, 9.17) is 5.11 Å². The average molecular weight is 336 g/mol. The molecular formula is C12H17IO3. The van der Waals surface area contributed by atoms with Gasteiger partial charge in [0.2, 0.25) is 0 Å². The van der Waals surface area contributed by atoms with Gasteiger partial charge in [0, 0.05) is 3.58 Å². The van der Waals surface area contributed by atoms with E-state index in [2.05, 4.69) is 22.6 Å². The van der Waals surface area contributed by atoms with Crippen LogP contribution in [-0.4, -0.2) is 22.3 Å². The van der Waals surface area contributed by atoms with Crippen LogP contribution in [0.2, 0.25) is 0 Å². The maximum absolute atomic E-state index is 11.2. The van der Waals surface area contributed by atoms with Gasteiger partial charge >= 0.3 is 5.97 Å². The smallest absolute Gasteiger partial charge is 0.313 e. The van der Waals surface area contributed by atoms with Crippen LogP contribution in [-0.2, 0) is 4.79 Å². The van der Waals surface area contributed by atoms with Crippen molar-refractivity contribution < 1.29 is 15.0 Å². The number of hydrogen-bond acceptors (Lipinski definition) is 2. The number of halogens is 1. The summed E-state index contributed by atoms with van der Waals surface area (Å²) in [4.78, 5) is 11.2. The first-order valence-corrected chi connectivity index (χ1v) is 6.23. The minimum Gasteiger partial charge on any atom is -0.481 e. The molecule has 2 atom stereocenters. The largest absolute Gasteiger partial charge is 0.481 e. The molecule has 0 radical (unpaired) electrons. The molecule has 2 unspecified atom stereocenters. The lowest BCUT2D eigenvalue weighted by atomic mass is 9.74. The number of aliphatic hydroxyl groups excluding tert-OH is 1. The minimum absolute atomic E-state index is 0.218. The Balaban J connectivity index is 3.26. The summed E-state index contributed by atoms with van der Waals surface area (Å²) in [6, 6.07) is 0. The number of aliphatic carboxylic acids is 1. The van der Waals surface area contributed by atoms with Crippen molar-refractivity contribution in [1.29, 1.82) is 0 Å². The van der Waals surface area contributed by atoms with Crippen molar-refractivity contribution in [3.8, 4) is 0 Å². The van der Waals surface area contributed by atoms with Crippen molar-refractivity contribution in [3.05, 3.63) is 20.8 Å². The zero-order chi connectivity index (χ0) is 12.7. The van der Waals surface area contributed by atoms with Crippen molar-refractivity contribution in [2.24, 2.45) is 11.3 Å². The maximum Gasteiger partial charge on any atom is 0.313 e. The highest BCUT2D eigenvalue weighted by molar-refractivity contribution is 14.1. The second-order valence-electron chi connectivity index (χ2n) is 5.14. The molecule has 0 amide bonds. The number of hydrogen-bond donors (Lipinski definition) is 2. The lowest BCUT2D eigenvalue weighted by Gasteiger charge is -2.34. The Bertz CT molecular complexity index is 374. The molecule has 1 rings (SSSR count). The highest BCUT2D eigenvalue weighted by Crippen LogP contribution is 2.40. The van der Waals surface area contributed by atoms with Gasteiger partial charge in [-0.2, -0.15) is 0 Å². The molecule has 1 aliphatic carbocycles. The number of aliphatic hydroxyl groups is 1. The zero-order valence-electron chi connectivity index (χ0n) is 9.91. The molecule has 4 heteroatoms. The van der Waals surface area contributed by atoms with E-state index in [1.807, 2.05) is 26.8 Å². The fourth-order valence-corrected chi connectivity index (χ4v) is 2.55. The van der Waals surface area contributed by atoms with Gasteiger partial charge in [-0.1, -0.05) is 20.8 Å². The number of carboxylic acids is 1. The number of allylic oxidation sites excluding steroid dienone is 2. The standard InChI is InChI=1S/C12H17IO3/c1-6-8(13)5-7(12(2,3)4)10(14)9(6)11(15)16/h5,9-10,14H,1-4H3,(H,15,16). The van der Waals surface area contributed by atoms with E-state index < -0.39 is 18.0 Å². The third-order valence-corrected chi connectivity index (χ3v) is 4.05. The lowest BCUT2D eigenvalue weighted by Crippen LogP contribution is -2.37. The summed E-state index contributed by atoms with van der Waals surface area (Å²) in [6.07, 6.45) is 0.982. The summed E-state index contributed by atoms with van der Waals surface area (Å²) in [5, 5.41) is 19.3. The zero-order valence-corrected chi connectivity index (χ0v) is 12.1. The molecule has 0 saturated heterocycles. The summed E-state index contributed by atoms with van der Waals surface area (Å²) in [5.74, 6) is -1.78. The Labute approximate surface area is 109 Å². The Kier molecular flexibility index (Phi) is 3.84. The Morgan fingerprint density at radius 2 is 1.94 bits per heavy atom. The van der Waals surface area contributed by atoms with Crippen molar-refractivity contribution >= 4 is 28.6 Å². The first kappa shape index (κ1) is 13.7. The predicted molar refractivity (Wildman–Crippen MR) is 71.4 cm³/mol. The first-order valence-electron chi connectivity index (χ1n) is 5.15. The van der Waals surface area contributed by atoms with Gasteiger partial charge in [0.15, 0.2) is 0 Å². The quantitative estimate of drug-likeness (QED) is 0.724. The van der Waals surface area contributed by atoms with Crippen LogP contribution in [0.15, 0.2) is 20.8 Å². The van der Waals surface area contributed by atoms with E-state index in [1.54, 1.807) is 6.92 Å². The first-order chi connectivity index (χ1) is 7.16. The number of rotatable bonds is 1. The molecule has 0 bridgehead atoms. The Morgan fingerprint density at radius 3 is 2.31 bits per heavy atom. The van der Waals surface area contributed by atoms with Gasteiger partial charge in [-0.15, -0.1) is 0 Å². The molecule has 16 heavy (non-hydrogen) atoms. The van der Waals surface area contributed by atoms with Gasteiger partial charge in [0.1, 0.15) is 5.92 Å². The van der Waals surface area contributed by atoms with Gasteiger partial charge in [0.25, 0.3) is 0 Å². The molecule has 0 aromatic carbocycles. The molecule has 0 aromatic rings. The third-order valence-electron chi connectivity index (χ3n) is 2.89. The van der Waals surface area contributed by atoms with E-state index in [9.17, 15) is 9.90 Å². The van der Waals surface area contributed by atoms with Crippen LogP contribution in [0.3, 0.4) is 0 Å². The number of carboxylic acid groups (broad SMARTS) is 1. The molecule has 2 N–H and O–H groups in total. The molecule has 0 saturated carbocycles. The van der Waals surface area contributed by atoms with Crippen LogP contribution >= 0.6 is 22.6 Å². The minimum atomic E-state index is -0.964. The number of carbonyl (C=O) groups is 1. The van der Waals surface area contributed by atoms with Gasteiger partial charge in [-0.3, -0.25) is 4.79 Å². The van der Waals surface area contributed by atoms with Crippen LogP contribution in [0.5, 0.6) is 0 Å². The molecule has 1 aliphatic rings. The van der Waals surface area contributed by atoms with Gasteiger partial charge < -0.3 is 10.2 Å². The highest BCUT2D eigenvalue weighted by atomic mass is 127. The molecule has 0 spiro atoms. The van der Waals surface area contributed by atoms with E-state index in [-0.39, 0.29) is 5.41 Å². The highest BCUT2D eigenvalue weighted by Gasteiger charge is 2.38. The van der Waals surface area contributed by atoms with E-state index in [0.29, 0.717) is 0 Å². The van der Waals surface area contributed by atoms with E-state index in [0.717, 1.165) is 14.7 Å². The second-order valence-corrected chi connectivity index (χ2v) is 6.30. The lowest BCUT2D eigenvalue weighted by molar-refractivity contribution is -0.143.